The molecule has 0 aliphatic heterocycles. The van der Waals surface area contributed by atoms with Gasteiger partial charge in [-0.25, -0.2) is 4.98 Å². The molecular weight excluding hydrogens is 1000 g/mol. The van der Waals surface area contributed by atoms with E-state index in [1.807, 2.05) is 82.1 Å². The first kappa shape index (κ1) is 39.6. The maximum Gasteiger partial charge on any atom is 0.268 e. The van der Waals surface area contributed by atoms with Gasteiger partial charge in [-0.3, -0.25) is 4.57 Å². The van der Waals surface area contributed by atoms with Crippen molar-refractivity contribution in [3.05, 3.63) is 199 Å². The van der Waals surface area contributed by atoms with Crippen LogP contribution < -0.4 is 9.30 Å². The third-order valence-electron chi connectivity index (χ3n) is 12.8. The molecule has 0 saturated carbocycles. The topological polar surface area (TPSA) is 35.9 Å². The van der Waals surface area contributed by atoms with Crippen LogP contribution >= 0.6 is 0 Å². The van der Waals surface area contributed by atoms with E-state index in [0.29, 0.717) is 34.4 Å². The molecule has 338 valence electrons. The Kier molecular flexibility index (Phi) is 10.8. The minimum absolute atomic E-state index is 0. The quantitative estimate of drug-likeness (QED) is 0.101. The van der Waals surface area contributed by atoms with E-state index in [9.17, 15) is 2.74 Å². The van der Waals surface area contributed by atoms with E-state index in [1.54, 1.807) is 0 Å². The van der Waals surface area contributed by atoms with Gasteiger partial charge in [0.05, 0.1) is 23.6 Å². The smallest absolute Gasteiger partial charge is 0.268 e. The first-order chi connectivity index (χ1) is 34.0. The monoisotopic (exact) mass is 1060 g/mol. The standard InChI is InChI=1S/C61H56N4O.Pt/c1-9-41(10-2)43-32-33-62-58(36-43)65-54-27-15-14-24-52(54)53-31-30-49(39-57(53)65)66-48-23-18-22-47(38-48)63-40-64(56-29-17-16-28-55(56)63)59-50(42-20-12-11-13-21-42)25-19-26-51(59)44-34-45(60(3,4)5)37-46(35-44)61(6,7)8;/h11-37,41H,9-10H2,1-8H3;/q-2;/i11D,12D,13D,20D,21D;. The third kappa shape index (κ3) is 8.67. The molecule has 0 aliphatic rings. The Morgan fingerprint density at radius 1 is 0.657 bits per heavy atom. The fourth-order valence-electron chi connectivity index (χ4n) is 9.14. The van der Waals surface area contributed by atoms with Crippen molar-refractivity contribution in [2.24, 2.45) is 0 Å². The second kappa shape index (κ2) is 18.3. The molecule has 10 aromatic rings. The van der Waals surface area contributed by atoms with Crippen LogP contribution in [0.5, 0.6) is 11.5 Å². The Hall–Kier alpha value is -6.55. The summed E-state index contributed by atoms with van der Waals surface area (Å²) in [5.74, 6) is 2.26. The number of imidazole rings is 1. The van der Waals surface area contributed by atoms with Gasteiger partial charge in [0, 0.05) is 44.3 Å². The number of aromatic nitrogens is 4. The maximum atomic E-state index is 9.20. The summed E-state index contributed by atoms with van der Waals surface area (Å²) in [6, 6.07) is 48.2. The Morgan fingerprint density at radius 2 is 1.31 bits per heavy atom. The first-order valence-electron chi connectivity index (χ1n) is 25.4. The third-order valence-corrected chi connectivity index (χ3v) is 12.8. The molecule has 0 aliphatic carbocycles. The Morgan fingerprint density at radius 3 is 2.03 bits per heavy atom. The van der Waals surface area contributed by atoms with Crippen LogP contribution in [0.2, 0.25) is 0 Å². The van der Waals surface area contributed by atoms with Gasteiger partial charge >= 0.3 is 0 Å². The summed E-state index contributed by atoms with van der Waals surface area (Å²) in [7, 11) is 0. The molecule has 3 heterocycles. The van der Waals surface area contributed by atoms with E-state index >= 15 is 0 Å². The molecule has 3 aromatic heterocycles. The van der Waals surface area contributed by atoms with Gasteiger partial charge in [0.25, 0.3) is 6.33 Å². The number of fused-ring (bicyclic) bond motifs is 4. The molecule has 0 atom stereocenters. The van der Waals surface area contributed by atoms with Gasteiger partial charge in [0.2, 0.25) is 0 Å². The zero-order chi connectivity index (χ0) is 50.1. The van der Waals surface area contributed by atoms with E-state index < -0.39 is 18.1 Å². The van der Waals surface area contributed by atoms with Crippen molar-refractivity contribution in [2.75, 3.05) is 0 Å². The fraction of sp³-hybridized carbons (Fsp3) is 0.213. The number of benzene rings is 7. The van der Waals surface area contributed by atoms with Crippen LogP contribution in [0.3, 0.4) is 0 Å². The number of hydrogen-bond donors (Lipinski definition) is 0. The summed E-state index contributed by atoms with van der Waals surface area (Å²) in [4.78, 5) is 4.88. The molecule has 6 heteroatoms. The SMILES string of the molecule is [2H]c1c([2H])c([2H])c(-c2cccc(-c3cc(C(C)(C)C)cc(C(C)(C)C)c3)c2-[n+]2[c-]n(-c3[c-]c(Oc4[c-]c5c(cc4)c4ccccc4n5-c4cc(C(CC)CC)ccn4)ccc3)c3ccccc32)c([2H])c1[2H].[Pt]. The summed E-state index contributed by atoms with van der Waals surface area (Å²) in [6.45, 7) is 17.7. The second-order valence-corrected chi connectivity index (χ2v) is 19.2. The van der Waals surface area contributed by atoms with Crippen LogP contribution in [-0.4, -0.2) is 14.1 Å². The molecular formula is C61H56N4OPt-2. The van der Waals surface area contributed by atoms with E-state index in [-0.39, 0.29) is 49.5 Å². The van der Waals surface area contributed by atoms with Gasteiger partial charge in [-0.1, -0.05) is 170 Å². The number of nitrogens with zero attached hydrogens (tertiary/aromatic N) is 4. The van der Waals surface area contributed by atoms with Crippen LogP contribution in [-0.2, 0) is 31.9 Å². The van der Waals surface area contributed by atoms with E-state index in [0.717, 1.165) is 73.8 Å². The van der Waals surface area contributed by atoms with Gasteiger partial charge in [0.15, 0.2) is 0 Å². The molecule has 0 amide bonds. The predicted octanol–water partition coefficient (Wildman–Crippen LogP) is 15.4. The molecule has 67 heavy (non-hydrogen) atoms. The van der Waals surface area contributed by atoms with Gasteiger partial charge in [0.1, 0.15) is 5.82 Å². The largest absolute Gasteiger partial charge is 0.510 e. The van der Waals surface area contributed by atoms with Gasteiger partial charge in [-0.05, 0) is 97.8 Å². The average Bonchev–Trinajstić information content (AvgIpc) is 3.91. The number of ether oxygens (including phenoxy) is 1. The molecule has 0 bridgehead atoms. The van der Waals surface area contributed by atoms with Crippen LogP contribution in [0, 0.1) is 18.5 Å². The molecule has 5 nitrogen and oxygen atoms in total. The van der Waals surface area contributed by atoms with Crippen LogP contribution in [0.25, 0.3) is 72.3 Å². The molecule has 7 aromatic carbocycles. The average molecular weight is 1060 g/mol. The van der Waals surface area contributed by atoms with Crippen LogP contribution in [0.4, 0.5) is 0 Å². The van der Waals surface area contributed by atoms with Crippen molar-refractivity contribution in [3.8, 4) is 50.9 Å². The zero-order valence-electron chi connectivity index (χ0n) is 44.2. The van der Waals surface area contributed by atoms with E-state index in [2.05, 4.69) is 139 Å². The van der Waals surface area contributed by atoms with Crippen molar-refractivity contribution < 1.29 is 37.2 Å². The molecule has 10 rings (SSSR count). The summed E-state index contributed by atoms with van der Waals surface area (Å²) in [6.07, 6.45) is 7.66. The molecule has 0 unspecified atom stereocenters. The summed E-state index contributed by atoms with van der Waals surface area (Å²) < 4.78 is 57.0. The van der Waals surface area contributed by atoms with Crippen molar-refractivity contribution in [2.45, 2.75) is 85.0 Å². The second-order valence-electron chi connectivity index (χ2n) is 19.2. The van der Waals surface area contributed by atoms with Crippen molar-refractivity contribution >= 4 is 32.8 Å². The number of hydrogen-bond acceptors (Lipinski definition) is 2. The molecule has 0 N–H and O–H groups in total. The van der Waals surface area contributed by atoms with Gasteiger partial charge in [-0.2, -0.15) is 18.2 Å². The normalized spacial score (nSPS) is 13.1. The van der Waals surface area contributed by atoms with E-state index in [1.165, 1.54) is 5.56 Å². The number of para-hydroxylation sites is 4. The molecule has 0 saturated heterocycles. The van der Waals surface area contributed by atoms with Crippen molar-refractivity contribution in [3.63, 3.8) is 0 Å². The van der Waals surface area contributed by atoms with Gasteiger partial charge < -0.3 is 13.9 Å². The fourth-order valence-corrected chi connectivity index (χ4v) is 9.14. The number of rotatable bonds is 10. The summed E-state index contributed by atoms with van der Waals surface area (Å²) in [5.41, 5.74) is 10.3. The van der Waals surface area contributed by atoms with Gasteiger partial charge in [-0.15, -0.1) is 29.7 Å². The Balaban J connectivity index is 0.00000640. The molecule has 0 radical (unpaired) electrons. The predicted molar refractivity (Wildman–Crippen MR) is 272 cm³/mol. The Bertz CT molecular complexity index is 3650. The zero-order valence-corrected chi connectivity index (χ0v) is 41.5. The van der Waals surface area contributed by atoms with Crippen LogP contribution in [0.1, 0.15) is 97.7 Å². The van der Waals surface area contributed by atoms with E-state index in [4.69, 9.17) is 13.8 Å². The number of pyridine rings is 1. The Labute approximate surface area is 417 Å². The van der Waals surface area contributed by atoms with Crippen LogP contribution in [0.15, 0.2) is 164 Å². The van der Waals surface area contributed by atoms with Crippen molar-refractivity contribution in [1.29, 1.82) is 0 Å². The first-order valence-corrected chi connectivity index (χ1v) is 22.9. The molecule has 0 fully saturated rings. The maximum absolute atomic E-state index is 9.20. The summed E-state index contributed by atoms with van der Waals surface area (Å²) >= 11 is 0. The minimum atomic E-state index is -0.443. The summed E-state index contributed by atoms with van der Waals surface area (Å²) in [5, 5.41) is 2.14. The van der Waals surface area contributed by atoms with Crippen molar-refractivity contribution in [1.82, 2.24) is 14.1 Å². The minimum Gasteiger partial charge on any atom is -0.510 e. The molecule has 0 spiro atoms.